The van der Waals surface area contributed by atoms with Gasteiger partial charge in [-0.1, -0.05) is 128 Å². The van der Waals surface area contributed by atoms with Crippen LogP contribution in [-0.2, 0) is 20.7 Å². The molecule has 4 heteroatoms. The summed E-state index contributed by atoms with van der Waals surface area (Å²) in [6.45, 7) is 4.90. The number of benzene rings is 1. The van der Waals surface area contributed by atoms with E-state index in [4.69, 9.17) is 9.47 Å². The lowest BCUT2D eigenvalue weighted by molar-refractivity contribution is -0.144. The first-order valence-electron chi connectivity index (χ1n) is 15.1. The summed E-state index contributed by atoms with van der Waals surface area (Å²) < 4.78 is 10.9. The molecule has 0 unspecified atom stereocenters. The Morgan fingerprint density at radius 3 is 1.64 bits per heavy atom. The minimum Gasteiger partial charge on any atom is -0.466 e. The summed E-state index contributed by atoms with van der Waals surface area (Å²) in [5.74, 6) is 0.277. The quantitative estimate of drug-likeness (QED) is 0.0802. The van der Waals surface area contributed by atoms with E-state index in [9.17, 15) is 9.59 Å². The van der Waals surface area contributed by atoms with Crippen molar-refractivity contribution in [1.82, 2.24) is 0 Å². The number of carbonyl (C=O) groups is 2. The van der Waals surface area contributed by atoms with E-state index in [1.165, 1.54) is 83.5 Å². The zero-order valence-electron chi connectivity index (χ0n) is 23.5. The smallest absolute Gasteiger partial charge is 0.311 e. The summed E-state index contributed by atoms with van der Waals surface area (Å²) in [5.41, 5.74) is 1.07. The number of hydrogen-bond acceptors (Lipinski definition) is 4. The molecular formula is C32H54O4. The van der Waals surface area contributed by atoms with Gasteiger partial charge in [-0.2, -0.15) is 0 Å². The van der Waals surface area contributed by atoms with Crippen molar-refractivity contribution in [1.29, 1.82) is 0 Å². The maximum atomic E-state index is 12.1. The molecule has 0 saturated heterocycles. The molecule has 0 saturated carbocycles. The predicted molar refractivity (Wildman–Crippen MR) is 150 cm³/mol. The van der Waals surface area contributed by atoms with Gasteiger partial charge in [-0.15, -0.1) is 0 Å². The predicted octanol–water partition coefficient (Wildman–Crippen LogP) is 9.52. The van der Waals surface area contributed by atoms with E-state index >= 15 is 0 Å². The lowest BCUT2D eigenvalue weighted by Gasteiger charge is -2.09. The van der Waals surface area contributed by atoms with Gasteiger partial charge in [0.05, 0.1) is 6.61 Å². The molecule has 0 bridgehead atoms. The summed E-state index contributed by atoms with van der Waals surface area (Å²) >= 11 is 0. The molecule has 0 radical (unpaired) electrons. The van der Waals surface area contributed by atoms with Crippen molar-refractivity contribution in [2.75, 3.05) is 6.61 Å². The molecule has 0 heterocycles. The molecular weight excluding hydrogens is 448 g/mol. The van der Waals surface area contributed by atoms with Gasteiger partial charge < -0.3 is 9.47 Å². The summed E-state index contributed by atoms with van der Waals surface area (Å²) in [6.07, 6.45) is 23.8. The number of hydrogen-bond donors (Lipinski definition) is 0. The van der Waals surface area contributed by atoms with Crippen LogP contribution in [0, 0.1) is 0 Å². The first-order chi connectivity index (χ1) is 17.7. The highest BCUT2D eigenvalue weighted by Gasteiger charge is 2.09. The molecule has 0 aliphatic carbocycles. The number of esters is 2. The molecule has 1 aromatic carbocycles. The number of carbonyl (C=O) groups excluding carboxylic acids is 2. The summed E-state index contributed by atoms with van der Waals surface area (Å²) in [4.78, 5) is 24.0. The van der Waals surface area contributed by atoms with Crippen LogP contribution in [0.2, 0.25) is 0 Å². The Kier molecular flexibility index (Phi) is 21.1. The van der Waals surface area contributed by atoms with Gasteiger partial charge in [0.2, 0.25) is 0 Å². The fourth-order valence-electron chi connectivity index (χ4n) is 4.52. The third-order valence-corrected chi connectivity index (χ3v) is 6.74. The van der Waals surface area contributed by atoms with Crippen molar-refractivity contribution in [3.8, 4) is 5.75 Å². The van der Waals surface area contributed by atoms with E-state index < -0.39 is 0 Å². The minimum atomic E-state index is -0.232. The highest BCUT2D eigenvalue weighted by Crippen LogP contribution is 2.20. The maximum absolute atomic E-state index is 12.1. The molecule has 0 fully saturated rings. The van der Waals surface area contributed by atoms with E-state index in [-0.39, 0.29) is 11.9 Å². The highest BCUT2D eigenvalue weighted by atomic mass is 16.5. The number of unbranched alkanes of at least 4 members (excludes halogenated alkanes) is 15. The van der Waals surface area contributed by atoms with Gasteiger partial charge in [0.15, 0.2) is 0 Å². The maximum Gasteiger partial charge on any atom is 0.311 e. The molecule has 0 aromatic heterocycles. The topological polar surface area (TPSA) is 52.6 Å². The molecule has 1 rings (SSSR count). The van der Waals surface area contributed by atoms with Crippen molar-refractivity contribution in [3.63, 3.8) is 0 Å². The molecule has 0 spiro atoms. The average Bonchev–Trinajstić information content (AvgIpc) is 2.87. The Hall–Kier alpha value is -1.84. The van der Waals surface area contributed by atoms with E-state index in [0.717, 1.165) is 31.2 Å². The average molecular weight is 503 g/mol. The third-order valence-electron chi connectivity index (χ3n) is 6.74. The molecule has 0 atom stereocenters. The van der Waals surface area contributed by atoms with Crippen molar-refractivity contribution < 1.29 is 19.1 Å². The SMILES string of the molecule is CCCCCCCCCCCCCCCCCOC(=O)CCCCC(=O)Oc1ccccc1CCC. The van der Waals surface area contributed by atoms with Gasteiger partial charge in [-0.25, -0.2) is 0 Å². The fraction of sp³-hybridized carbons (Fsp3) is 0.750. The third kappa shape index (κ3) is 18.4. The zero-order chi connectivity index (χ0) is 26.1. The second-order valence-corrected chi connectivity index (χ2v) is 10.2. The molecule has 0 N–H and O–H groups in total. The Morgan fingerprint density at radius 2 is 1.08 bits per heavy atom. The lowest BCUT2D eigenvalue weighted by Crippen LogP contribution is -2.10. The second-order valence-electron chi connectivity index (χ2n) is 10.2. The van der Waals surface area contributed by atoms with Crippen molar-refractivity contribution >= 4 is 11.9 Å². The van der Waals surface area contributed by atoms with Crippen LogP contribution in [-0.4, -0.2) is 18.5 Å². The van der Waals surface area contributed by atoms with Gasteiger partial charge in [-0.05, 0) is 37.3 Å². The number of rotatable bonds is 24. The minimum absolute atomic E-state index is 0.151. The van der Waals surface area contributed by atoms with Crippen LogP contribution in [0.3, 0.4) is 0 Å². The number of ether oxygens (including phenoxy) is 2. The van der Waals surface area contributed by atoms with Crippen LogP contribution in [0.25, 0.3) is 0 Å². The van der Waals surface area contributed by atoms with Gasteiger partial charge in [0.25, 0.3) is 0 Å². The lowest BCUT2D eigenvalue weighted by atomic mass is 10.0. The van der Waals surface area contributed by atoms with E-state index in [2.05, 4.69) is 13.8 Å². The zero-order valence-corrected chi connectivity index (χ0v) is 23.5. The standard InChI is InChI=1S/C32H54O4/c1-3-5-6-7-8-9-10-11-12-13-14-15-16-17-22-28-35-31(33)26-20-21-27-32(34)36-30-25-19-18-24-29(30)23-4-2/h18-19,24-25H,3-17,20-23,26-28H2,1-2H3. The Balaban J connectivity index is 1.87. The largest absolute Gasteiger partial charge is 0.466 e. The first kappa shape index (κ1) is 32.2. The van der Waals surface area contributed by atoms with E-state index in [1.54, 1.807) is 0 Å². The molecule has 36 heavy (non-hydrogen) atoms. The monoisotopic (exact) mass is 502 g/mol. The van der Waals surface area contributed by atoms with E-state index in [1.807, 2.05) is 24.3 Å². The normalized spacial score (nSPS) is 10.9. The Morgan fingerprint density at radius 1 is 0.583 bits per heavy atom. The van der Waals surface area contributed by atoms with Crippen LogP contribution >= 0.6 is 0 Å². The first-order valence-corrected chi connectivity index (χ1v) is 15.1. The highest BCUT2D eigenvalue weighted by molar-refractivity contribution is 5.73. The molecule has 206 valence electrons. The number of aryl methyl sites for hydroxylation is 1. The van der Waals surface area contributed by atoms with Crippen LogP contribution < -0.4 is 4.74 Å². The van der Waals surface area contributed by atoms with Crippen molar-refractivity contribution in [2.24, 2.45) is 0 Å². The molecule has 0 aliphatic heterocycles. The second kappa shape index (κ2) is 23.6. The van der Waals surface area contributed by atoms with Crippen LogP contribution in [0.5, 0.6) is 5.75 Å². The summed E-state index contributed by atoms with van der Waals surface area (Å²) in [6, 6.07) is 7.70. The van der Waals surface area contributed by atoms with Crippen LogP contribution in [0.4, 0.5) is 0 Å². The van der Waals surface area contributed by atoms with Crippen LogP contribution in [0.1, 0.15) is 148 Å². The van der Waals surface area contributed by atoms with Gasteiger partial charge in [0.1, 0.15) is 5.75 Å². The van der Waals surface area contributed by atoms with Gasteiger partial charge in [-0.3, -0.25) is 9.59 Å². The van der Waals surface area contributed by atoms with Crippen molar-refractivity contribution in [2.45, 2.75) is 149 Å². The summed E-state index contributed by atoms with van der Waals surface area (Å²) in [5, 5.41) is 0. The van der Waals surface area contributed by atoms with E-state index in [0.29, 0.717) is 38.0 Å². The molecule has 0 aliphatic rings. The molecule has 4 nitrogen and oxygen atoms in total. The van der Waals surface area contributed by atoms with Gasteiger partial charge in [0, 0.05) is 12.8 Å². The Bertz CT molecular complexity index is 670. The van der Waals surface area contributed by atoms with Gasteiger partial charge >= 0.3 is 11.9 Å². The number of para-hydroxylation sites is 1. The summed E-state index contributed by atoms with van der Waals surface area (Å²) in [7, 11) is 0. The van der Waals surface area contributed by atoms with Crippen LogP contribution in [0.15, 0.2) is 24.3 Å². The molecule has 1 aromatic rings. The fourth-order valence-corrected chi connectivity index (χ4v) is 4.52. The Labute approximate surface area is 221 Å². The van der Waals surface area contributed by atoms with Crippen molar-refractivity contribution in [3.05, 3.63) is 29.8 Å². The molecule has 0 amide bonds.